The smallest absolute Gasteiger partial charge is 0.221 e. The molecule has 0 radical (unpaired) electrons. The van der Waals surface area contributed by atoms with Crippen molar-refractivity contribution >= 4 is 45.7 Å². The third-order valence-corrected chi connectivity index (χ3v) is 4.45. The lowest BCUT2D eigenvalue weighted by molar-refractivity contribution is -0.114. The zero-order valence-corrected chi connectivity index (χ0v) is 14.2. The summed E-state index contributed by atoms with van der Waals surface area (Å²) in [5.74, 6) is 5.72. The van der Waals surface area contributed by atoms with Crippen LogP contribution in [0, 0.1) is 0 Å². The Kier molecular flexibility index (Phi) is 6.05. The number of unbranched alkanes of at least 4 members (excludes halogenated alkanes) is 1. The summed E-state index contributed by atoms with van der Waals surface area (Å²) in [6.07, 6.45) is 3.74. The Hall–Kier alpha value is -1.77. The SMILES string of the molecule is CCCCN(N)C=Nc1nc(-c2cc(NC(C)=O)cs2)cs1. The van der Waals surface area contributed by atoms with E-state index in [1.165, 1.54) is 29.6 Å². The van der Waals surface area contributed by atoms with E-state index < -0.39 is 0 Å². The quantitative estimate of drug-likeness (QED) is 0.351. The predicted molar refractivity (Wildman–Crippen MR) is 93.7 cm³/mol. The maximum absolute atomic E-state index is 11.0. The fourth-order valence-electron chi connectivity index (χ4n) is 1.70. The first-order valence-corrected chi connectivity index (χ1v) is 8.72. The van der Waals surface area contributed by atoms with E-state index in [1.807, 2.05) is 16.8 Å². The third kappa shape index (κ3) is 4.90. The van der Waals surface area contributed by atoms with Gasteiger partial charge in [0.25, 0.3) is 0 Å². The normalized spacial score (nSPS) is 11.0. The van der Waals surface area contributed by atoms with Crippen molar-refractivity contribution in [3.63, 3.8) is 0 Å². The number of nitrogens with two attached hydrogens (primary N) is 1. The summed E-state index contributed by atoms with van der Waals surface area (Å²) in [6, 6.07) is 1.91. The highest BCUT2D eigenvalue weighted by molar-refractivity contribution is 7.16. The van der Waals surface area contributed by atoms with Crippen molar-refractivity contribution in [3.05, 3.63) is 16.8 Å². The van der Waals surface area contributed by atoms with Crippen molar-refractivity contribution in [3.8, 4) is 10.6 Å². The van der Waals surface area contributed by atoms with Crippen LogP contribution in [0.15, 0.2) is 21.8 Å². The van der Waals surface area contributed by atoms with Gasteiger partial charge in [-0.25, -0.2) is 15.8 Å². The molecule has 6 nitrogen and oxygen atoms in total. The van der Waals surface area contributed by atoms with E-state index in [1.54, 1.807) is 11.3 Å². The van der Waals surface area contributed by atoms with Gasteiger partial charge in [-0.15, -0.1) is 22.7 Å². The standard InChI is InChI=1S/C14H19N5OS2/c1-3-4-5-19(15)9-16-14-18-12(8-22-14)13-6-11(7-21-13)17-10(2)20/h6-9H,3-5,15H2,1-2H3,(H,17,20). The Balaban J connectivity index is 2.00. The first kappa shape index (κ1) is 16.6. The van der Waals surface area contributed by atoms with Gasteiger partial charge >= 0.3 is 0 Å². The minimum atomic E-state index is -0.0805. The molecular formula is C14H19N5OS2. The molecule has 1 amide bonds. The number of nitrogens with one attached hydrogen (secondary N) is 1. The number of amides is 1. The second-order valence-corrected chi connectivity index (χ2v) is 6.48. The molecule has 2 heterocycles. The molecule has 0 spiro atoms. The lowest BCUT2D eigenvalue weighted by Gasteiger charge is -2.10. The maximum Gasteiger partial charge on any atom is 0.221 e. The predicted octanol–water partition coefficient (Wildman–Crippen LogP) is 3.47. The lowest BCUT2D eigenvalue weighted by atomic mass is 10.3. The molecule has 22 heavy (non-hydrogen) atoms. The van der Waals surface area contributed by atoms with Gasteiger partial charge in [-0.2, -0.15) is 0 Å². The number of hydrogen-bond acceptors (Lipinski definition) is 6. The van der Waals surface area contributed by atoms with Crippen LogP contribution in [0.25, 0.3) is 10.6 Å². The fraction of sp³-hybridized carbons (Fsp3) is 0.357. The van der Waals surface area contributed by atoms with E-state index in [2.05, 4.69) is 22.2 Å². The van der Waals surface area contributed by atoms with Crippen molar-refractivity contribution in [2.24, 2.45) is 10.8 Å². The van der Waals surface area contributed by atoms with Crippen LogP contribution in [0.4, 0.5) is 10.8 Å². The minimum absolute atomic E-state index is 0.0805. The molecule has 0 atom stereocenters. The summed E-state index contributed by atoms with van der Waals surface area (Å²) >= 11 is 3.00. The average Bonchev–Trinajstić information content (AvgIpc) is 3.11. The van der Waals surface area contributed by atoms with Crippen LogP contribution in [-0.2, 0) is 4.79 Å². The number of thiazole rings is 1. The number of hydrazine groups is 1. The number of aromatic nitrogens is 1. The minimum Gasteiger partial charge on any atom is -0.326 e. The molecule has 0 saturated carbocycles. The molecule has 0 aliphatic heterocycles. The summed E-state index contributed by atoms with van der Waals surface area (Å²) in [5.41, 5.74) is 1.65. The maximum atomic E-state index is 11.0. The number of carbonyl (C=O) groups is 1. The molecular weight excluding hydrogens is 318 g/mol. The summed E-state index contributed by atoms with van der Waals surface area (Å²) in [7, 11) is 0. The largest absolute Gasteiger partial charge is 0.326 e. The number of hydrogen-bond donors (Lipinski definition) is 2. The molecule has 2 aromatic heterocycles. The second-order valence-electron chi connectivity index (χ2n) is 4.73. The van der Waals surface area contributed by atoms with Crippen molar-refractivity contribution in [1.82, 2.24) is 9.99 Å². The molecule has 0 unspecified atom stereocenters. The van der Waals surface area contributed by atoms with Crippen LogP contribution < -0.4 is 11.2 Å². The Bertz CT molecular complexity index is 649. The number of nitrogens with zero attached hydrogens (tertiary/aromatic N) is 3. The van der Waals surface area contributed by atoms with Crippen LogP contribution >= 0.6 is 22.7 Å². The number of carbonyl (C=O) groups excluding carboxylic acids is 1. The monoisotopic (exact) mass is 337 g/mol. The molecule has 2 rings (SSSR count). The summed E-state index contributed by atoms with van der Waals surface area (Å²) in [5, 5.41) is 8.83. The van der Waals surface area contributed by atoms with Crippen LogP contribution in [0.3, 0.4) is 0 Å². The van der Waals surface area contributed by atoms with E-state index in [0.717, 1.165) is 35.6 Å². The van der Waals surface area contributed by atoms with E-state index >= 15 is 0 Å². The Morgan fingerprint density at radius 1 is 1.50 bits per heavy atom. The topological polar surface area (TPSA) is 83.6 Å². The number of thiophene rings is 1. The summed E-state index contributed by atoms with van der Waals surface area (Å²) in [6.45, 7) is 4.39. The molecule has 0 saturated heterocycles. The van der Waals surface area contributed by atoms with E-state index in [0.29, 0.717) is 5.13 Å². The molecule has 118 valence electrons. The number of rotatable bonds is 7. The van der Waals surface area contributed by atoms with E-state index in [-0.39, 0.29) is 5.91 Å². The fourth-order valence-corrected chi connectivity index (χ4v) is 3.23. The van der Waals surface area contributed by atoms with Gasteiger partial charge in [0.05, 0.1) is 16.3 Å². The first-order chi connectivity index (χ1) is 10.6. The van der Waals surface area contributed by atoms with Gasteiger partial charge in [0, 0.05) is 24.2 Å². The lowest BCUT2D eigenvalue weighted by Crippen LogP contribution is -2.30. The summed E-state index contributed by atoms with van der Waals surface area (Å²) < 4.78 is 0. The second kappa shape index (κ2) is 8.02. The van der Waals surface area contributed by atoms with E-state index in [9.17, 15) is 4.79 Å². The molecule has 3 N–H and O–H groups in total. The Morgan fingerprint density at radius 3 is 3.05 bits per heavy atom. The highest BCUT2D eigenvalue weighted by Gasteiger charge is 2.08. The number of aliphatic imine (C=N–C) groups is 1. The van der Waals surface area contributed by atoms with Gasteiger partial charge in [0.1, 0.15) is 6.34 Å². The van der Waals surface area contributed by atoms with Gasteiger partial charge < -0.3 is 10.3 Å². The van der Waals surface area contributed by atoms with Crippen molar-refractivity contribution in [2.75, 3.05) is 11.9 Å². The zero-order chi connectivity index (χ0) is 15.9. The van der Waals surface area contributed by atoms with Gasteiger partial charge in [-0.1, -0.05) is 13.3 Å². The van der Waals surface area contributed by atoms with Gasteiger partial charge in [0.2, 0.25) is 11.0 Å². The Morgan fingerprint density at radius 2 is 2.32 bits per heavy atom. The van der Waals surface area contributed by atoms with E-state index in [4.69, 9.17) is 5.84 Å². The van der Waals surface area contributed by atoms with Crippen LogP contribution in [-0.4, -0.2) is 28.8 Å². The first-order valence-electron chi connectivity index (χ1n) is 6.96. The highest BCUT2D eigenvalue weighted by Crippen LogP contribution is 2.32. The molecule has 0 aromatic carbocycles. The van der Waals surface area contributed by atoms with Crippen LogP contribution in [0.2, 0.25) is 0 Å². The van der Waals surface area contributed by atoms with Crippen molar-refractivity contribution < 1.29 is 4.79 Å². The van der Waals surface area contributed by atoms with Crippen LogP contribution in [0.1, 0.15) is 26.7 Å². The highest BCUT2D eigenvalue weighted by atomic mass is 32.1. The van der Waals surface area contributed by atoms with Crippen molar-refractivity contribution in [2.45, 2.75) is 26.7 Å². The summed E-state index contributed by atoms with van der Waals surface area (Å²) in [4.78, 5) is 20.8. The molecule has 2 aromatic rings. The van der Waals surface area contributed by atoms with Gasteiger partial charge in [0.15, 0.2) is 0 Å². The molecule has 8 heteroatoms. The van der Waals surface area contributed by atoms with Gasteiger partial charge in [-0.3, -0.25) is 4.79 Å². The van der Waals surface area contributed by atoms with Crippen LogP contribution in [0.5, 0.6) is 0 Å². The van der Waals surface area contributed by atoms with Crippen molar-refractivity contribution in [1.29, 1.82) is 0 Å². The molecule has 0 aliphatic rings. The third-order valence-electron chi connectivity index (χ3n) is 2.75. The average molecular weight is 337 g/mol. The molecule has 0 bridgehead atoms. The van der Waals surface area contributed by atoms with Gasteiger partial charge in [-0.05, 0) is 12.5 Å². The number of anilines is 1. The zero-order valence-electron chi connectivity index (χ0n) is 12.6. The molecule has 0 aliphatic carbocycles. The Labute approximate surface area is 137 Å². The molecule has 0 fully saturated rings.